The van der Waals surface area contributed by atoms with Gasteiger partial charge in [0.25, 0.3) is 5.91 Å². The number of hydrogen-bond acceptors (Lipinski definition) is 11. The van der Waals surface area contributed by atoms with Crippen LogP contribution in [0.3, 0.4) is 0 Å². The van der Waals surface area contributed by atoms with Crippen molar-refractivity contribution in [2.75, 3.05) is 50.1 Å². The molecular weight excluding hydrogens is 779 g/mol. The number of aliphatic hydroxyl groups is 1. The fraction of sp³-hybridized carbons (Fsp3) is 0.478. The van der Waals surface area contributed by atoms with Crippen LogP contribution in [-0.2, 0) is 22.5 Å². The van der Waals surface area contributed by atoms with Crippen LogP contribution in [0, 0.1) is 16.2 Å². The molecule has 2 aliphatic rings. The lowest BCUT2D eigenvalue weighted by Crippen LogP contribution is -2.52. The largest absolute Gasteiger partial charge is 0.476 e. The molecule has 0 radical (unpaired) electrons. The van der Waals surface area contributed by atoms with Gasteiger partial charge < -0.3 is 35.5 Å². The van der Waals surface area contributed by atoms with Gasteiger partial charge in [0.2, 0.25) is 5.91 Å². The number of allylic oxidation sites excluding steroid dienone is 2. The molecule has 4 aromatic rings. The predicted octanol–water partition coefficient (Wildman–Crippen LogP) is 7.79. The van der Waals surface area contributed by atoms with Crippen molar-refractivity contribution >= 4 is 62.1 Å². The highest BCUT2D eigenvalue weighted by molar-refractivity contribution is 7.22. The molecule has 0 saturated heterocycles. The molecule has 0 bridgehead atoms. The number of para-hydroxylation sites is 1. The second kappa shape index (κ2) is 18.6. The standard InChI is InChI=1S/C46H59N7O6S/c1-7-19-46(59-22-21-52(6)39(55)25-54)27-44(4,8-2)26-45(5,28-46)29-48-30(3)34(23-47)32-16-17-38(50-40(32)42(57)58)53-20-18-31-12-11-13-33(35(31)24-53)41(56)51-43-49-36-14-9-10-15-37(36)60-43/h9-17,23,47-48,54H,7-8,18-22,24-29H2,1-6H3,(H,57,58)(H,49,51,56)/b34-30+,47-23?. The van der Waals surface area contributed by atoms with E-state index >= 15 is 0 Å². The smallest absolute Gasteiger partial charge is 0.355 e. The number of aliphatic hydroxyl groups excluding tert-OH is 1. The van der Waals surface area contributed by atoms with E-state index in [4.69, 9.17) is 10.1 Å². The number of aromatic carboxylic acids is 1. The number of anilines is 2. The van der Waals surface area contributed by atoms with E-state index in [1.165, 1.54) is 22.5 Å². The van der Waals surface area contributed by atoms with E-state index in [1.807, 2.05) is 48.2 Å². The predicted molar refractivity (Wildman–Crippen MR) is 238 cm³/mol. The first-order chi connectivity index (χ1) is 28.6. The summed E-state index contributed by atoms with van der Waals surface area (Å²) >= 11 is 1.42. The van der Waals surface area contributed by atoms with Crippen molar-refractivity contribution in [2.24, 2.45) is 10.8 Å². The number of nitrogens with zero attached hydrogens (tertiary/aromatic N) is 4. The van der Waals surface area contributed by atoms with Gasteiger partial charge in [-0.3, -0.25) is 14.9 Å². The molecule has 6 rings (SSSR count). The Balaban J connectivity index is 1.20. The molecule has 2 amide bonds. The average Bonchev–Trinajstić information content (AvgIpc) is 3.64. The quantitative estimate of drug-likeness (QED) is 0.0659. The van der Waals surface area contributed by atoms with Gasteiger partial charge in [0.1, 0.15) is 12.4 Å². The molecule has 1 aliphatic carbocycles. The third-order valence-corrected chi connectivity index (χ3v) is 13.3. The topological polar surface area (TPSA) is 181 Å². The molecule has 13 nitrogen and oxygen atoms in total. The molecule has 320 valence electrons. The summed E-state index contributed by atoms with van der Waals surface area (Å²) < 4.78 is 7.72. The summed E-state index contributed by atoms with van der Waals surface area (Å²) in [5.41, 5.74) is 3.99. The number of carboxylic acids is 1. The van der Waals surface area contributed by atoms with Crippen LogP contribution < -0.4 is 15.5 Å². The van der Waals surface area contributed by atoms with E-state index in [1.54, 1.807) is 25.2 Å². The second-order valence-corrected chi connectivity index (χ2v) is 18.3. The maximum absolute atomic E-state index is 13.6. The van der Waals surface area contributed by atoms with E-state index in [0.717, 1.165) is 59.9 Å². The third kappa shape index (κ3) is 9.88. The summed E-state index contributed by atoms with van der Waals surface area (Å²) in [5.74, 6) is -1.31. The van der Waals surface area contributed by atoms with Crippen LogP contribution in [0.1, 0.15) is 111 Å². The van der Waals surface area contributed by atoms with Gasteiger partial charge in [0, 0.05) is 61.8 Å². The Hall–Kier alpha value is -5.18. The number of carbonyl (C=O) groups excluding carboxylic acids is 2. The van der Waals surface area contributed by atoms with Crippen molar-refractivity contribution in [3.8, 4) is 0 Å². The molecule has 5 N–H and O–H groups in total. The molecule has 0 spiro atoms. The lowest BCUT2D eigenvalue weighted by Gasteiger charge is -2.54. The zero-order valence-electron chi connectivity index (χ0n) is 35.7. The molecule has 3 atom stereocenters. The summed E-state index contributed by atoms with van der Waals surface area (Å²) in [4.78, 5) is 51.2. The number of amides is 2. The van der Waals surface area contributed by atoms with E-state index in [9.17, 15) is 24.6 Å². The molecule has 1 aliphatic heterocycles. The summed E-state index contributed by atoms with van der Waals surface area (Å²) in [6, 6.07) is 17.0. The van der Waals surface area contributed by atoms with E-state index in [0.29, 0.717) is 72.6 Å². The number of thiazole rings is 1. The Labute approximate surface area is 356 Å². The number of carboxylic acid groups (broad SMARTS) is 1. The average molecular weight is 838 g/mol. The number of hydrogen-bond donors (Lipinski definition) is 5. The van der Waals surface area contributed by atoms with Crippen LogP contribution >= 0.6 is 11.3 Å². The summed E-state index contributed by atoms with van der Waals surface area (Å²) in [7, 11) is 1.67. The van der Waals surface area contributed by atoms with E-state index < -0.39 is 18.2 Å². The van der Waals surface area contributed by atoms with E-state index in [-0.39, 0.29) is 28.3 Å². The summed E-state index contributed by atoms with van der Waals surface area (Å²) in [5, 5.41) is 35.3. The van der Waals surface area contributed by atoms with Gasteiger partial charge in [-0.05, 0) is 91.3 Å². The SMILES string of the molecule is CCCC1(OCCN(C)C(=O)CO)CC(C)(CC)CC(C)(CN/C(C)=C(\C=N)c2ccc(N3CCc4cccc(C(=O)Nc5nc6ccccc6s5)c4C3)nc2C(=O)O)C1. The van der Waals surface area contributed by atoms with Crippen molar-refractivity contribution in [3.63, 3.8) is 0 Å². The van der Waals surface area contributed by atoms with Crippen molar-refractivity contribution in [2.45, 2.75) is 91.7 Å². The Morgan fingerprint density at radius 3 is 2.48 bits per heavy atom. The van der Waals surface area contributed by atoms with Gasteiger partial charge in [-0.15, -0.1) is 0 Å². The summed E-state index contributed by atoms with van der Waals surface area (Å²) in [6.07, 6.45) is 7.28. The number of aromatic nitrogens is 2. The Kier molecular flexibility index (Phi) is 13.8. The molecule has 3 unspecified atom stereocenters. The number of ether oxygens (including phenoxy) is 1. The minimum Gasteiger partial charge on any atom is -0.476 e. The zero-order chi connectivity index (χ0) is 43.2. The molecule has 60 heavy (non-hydrogen) atoms. The van der Waals surface area contributed by atoms with Gasteiger partial charge in [0.05, 0.1) is 22.4 Å². The lowest BCUT2D eigenvalue weighted by atomic mass is 9.56. The number of carbonyl (C=O) groups is 3. The van der Waals surface area contributed by atoms with Crippen molar-refractivity contribution in [3.05, 3.63) is 88.2 Å². The number of pyridine rings is 1. The Bertz CT molecular complexity index is 2240. The van der Waals surface area contributed by atoms with Gasteiger partial charge in [0.15, 0.2) is 10.8 Å². The van der Waals surface area contributed by atoms with Crippen LogP contribution in [0.15, 0.2) is 60.3 Å². The first kappa shape index (κ1) is 44.4. The number of nitrogens with one attached hydrogen (secondary N) is 3. The minimum absolute atomic E-state index is 0.00480. The number of benzene rings is 2. The van der Waals surface area contributed by atoms with Crippen molar-refractivity contribution in [1.82, 2.24) is 20.2 Å². The van der Waals surface area contributed by atoms with Crippen LogP contribution in [0.2, 0.25) is 0 Å². The first-order valence-electron chi connectivity index (χ1n) is 20.9. The van der Waals surface area contributed by atoms with Crippen LogP contribution in [0.25, 0.3) is 15.8 Å². The van der Waals surface area contributed by atoms with Crippen molar-refractivity contribution < 1.29 is 29.3 Å². The fourth-order valence-electron chi connectivity index (χ4n) is 9.51. The Morgan fingerprint density at radius 2 is 1.78 bits per heavy atom. The number of fused-ring (bicyclic) bond motifs is 2. The molecule has 1 fully saturated rings. The lowest BCUT2D eigenvalue weighted by molar-refractivity contribution is -0.150. The second-order valence-electron chi connectivity index (χ2n) is 17.2. The highest BCUT2D eigenvalue weighted by Gasteiger charge is 2.50. The van der Waals surface area contributed by atoms with Crippen LogP contribution in [0.4, 0.5) is 10.9 Å². The van der Waals surface area contributed by atoms with Gasteiger partial charge in [-0.2, -0.15) is 0 Å². The monoisotopic (exact) mass is 837 g/mol. The molecule has 2 aromatic carbocycles. The molecule has 3 heterocycles. The van der Waals surface area contributed by atoms with Crippen LogP contribution in [0.5, 0.6) is 0 Å². The number of rotatable bonds is 17. The highest BCUT2D eigenvalue weighted by atomic mass is 32.1. The third-order valence-electron chi connectivity index (χ3n) is 12.4. The van der Waals surface area contributed by atoms with Crippen LogP contribution in [-0.4, -0.2) is 94.6 Å². The summed E-state index contributed by atoms with van der Waals surface area (Å²) in [6.45, 7) is 12.6. The number of likely N-dealkylation sites (N-methyl/N-ethyl adjacent to an activating group) is 1. The van der Waals surface area contributed by atoms with Crippen molar-refractivity contribution in [1.29, 1.82) is 5.41 Å². The first-order valence-corrected chi connectivity index (χ1v) is 21.7. The normalized spacial score (nSPS) is 21.8. The van der Waals surface area contributed by atoms with Gasteiger partial charge in [-0.1, -0.05) is 76.1 Å². The maximum Gasteiger partial charge on any atom is 0.355 e. The van der Waals surface area contributed by atoms with E-state index in [2.05, 4.69) is 48.3 Å². The highest BCUT2D eigenvalue weighted by Crippen LogP contribution is 2.54. The molecule has 1 saturated carbocycles. The van der Waals surface area contributed by atoms with Gasteiger partial charge in [-0.25, -0.2) is 14.8 Å². The zero-order valence-corrected chi connectivity index (χ0v) is 36.5. The van der Waals surface area contributed by atoms with Gasteiger partial charge >= 0.3 is 5.97 Å². The molecular formula is C46H59N7O6S. The Morgan fingerprint density at radius 1 is 1.02 bits per heavy atom. The minimum atomic E-state index is -1.20. The maximum atomic E-state index is 13.6. The molecule has 14 heteroatoms. The molecule has 2 aromatic heterocycles. The fourth-order valence-corrected chi connectivity index (χ4v) is 10.4.